The van der Waals surface area contributed by atoms with Crippen LogP contribution in [0.5, 0.6) is 0 Å². The average Bonchev–Trinajstić information content (AvgIpc) is 3.10. The van der Waals surface area contributed by atoms with E-state index in [1.807, 2.05) is 25.1 Å². The Morgan fingerprint density at radius 2 is 2.21 bits per heavy atom. The summed E-state index contributed by atoms with van der Waals surface area (Å²) in [7, 11) is 0. The van der Waals surface area contributed by atoms with Crippen molar-refractivity contribution >= 4 is 27.5 Å². The van der Waals surface area contributed by atoms with E-state index >= 15 is 0 Å². The predicted molar refractivity (Wildman–Crippen MR) is 75.3 cm³/mol. The van der Waals surface area contributed by atoms with Gasteiger partial charge in [-0.25, -0.2) is 0 Å². The van der Waals surface area contributed by atoms with Crippen molar-refractivity contribution in [2.75, 3.05) is 5.32 Å². The minimum Gasteiger partial charge on any atom is -0.360 e. The zero-order valence-corrected chi connectivity index (χ0v) is 12.0. The molecule has 1 fully saturated rings. The number of hydrogen-bond donors (Lipinski definition) is 1. The minimum atomic E-state index is -0.235. The number of anilines is 1. The van der Waals surface area contributed by atoms with Gasteiger partial charge < -0.3 is 9.84 Å². The van der Waals surface area contributed by atoms with E-state index in [0.29, 0.717) is 11.6 Å². The second-order valence-electron chi connectivity index (χ2n) is 4.80. The molecular weight excluding hydrogens is 308 g/mol. The Kier molecular flexibility index (Phi) is 3.14. The van der Waals surface area contributed by atoms with Crippen molar-refractivity contribution in [3.05, 3.63) is 45.8 Å². The molecule has 0 spiro atoms. The topological polar surface area (TPSA) is 55.1 Å². The van der Waals surface area contributed by atoms with Crippen molar-refractivity contribution in [3.63, 3.8) is 0 Å². The van der Waals surface area contributed by atoms with Gasteiger partial charge in [0.1, 0.15) is 5.76 Å². The fraction of sp³-hybridized carbons (Fsp3) is 0.286. The van der Waals surface area contributed by atoms with Gasteiger partial charge in [0.15, 0.2) is 5.69 Å². The highest BCUT2D eigenvalue weighted by atomic mass is 79.9. The zero-order valence-electron chi connectivity index (χ0n) is 10.4. The molecule has 1 amide bonds. The molecule has 0 radical (unpaired) electrons. The van der Waals surface area contributed by atoms with Gasteiger partial charge in [-0.2, -0.15) is 0 Å². The van der Waals surface area contributed by atoms with Crippen LogP contribution < -0.4 is 5.32 Å². The van der Waals surface area contributed by atoms with Gasteiger partial charge in [-0.1, -0.05) is 21.1 Å². The second kappa shape index (κ2) is 4.81. The molecule has 0 unspecified atom stereocenters. The highest BCUT2D eigenvalue weighted by molar-refractivity contribution is 9.10. The molecule has 98 valence electrons. The van der Waals surface area contributed by atoms with Crippen LogP contribution in [0.15, 0.2) is 33.3 Å². The van der Waals surface area contributed by atoms with Crippen molar-refractivity contribution in [1.29, 1.82) is 0 Å². The standard InChI is InChI=1S/C14H13BrN2O2/c1-8-6-10(15)4-5-11(8)16-14(18)12-7-13(19-17-12)9-2-3-9/h4-7,9H,2-3H2,1H3,(H,16,18). The summed E-state index contributed by atoms with van der Waals surface area (Å²) in [5, 5.41) is 6.67. The summed E-state index contributed by atoms with van der Waals surface area (Å²) in [6.07, 6.45) is 2.25. The molecule has 4 nitrogen and oxygen atoms in total. The molecule has 19 heavy (non-hydrogen) atoms. The maximum absolute atomic E-state index is 12.1. The number of hydrogen-bond acceptors (Lipinski definition) is 3. The van der Waals surface area contributed by atoms with Gasteiger partial charge in [0, 0.05) is 22.1 Å². The Balaban J connectivity index is 1.76. The first-order chi connectivity index (χ1) is 9.13. The largest absolute Gasteiger partial charge is 0.360 e. The van der Waals surface area contributed by atoms with Crippen LogP contribution in [0.4, 0.5) is 5.69 Å². The number of amides is 1. The number of nitrogens with zero attached hydrogens (tertiary/aromatic N) is 1. The molecule has 1 saturated carbocycles. The van der Waals surface area contributed by atoms with Crippen LogP contribution in [0.1, 0.15) is 40.6 Å². The minimum absolute atomic E-state index is 0.235. The summed E-state index contributed by atoms with van der Waals surface area (Å²) in [6, 6.07) is 7.44. The van der Waals surface area contributed by atoms with E-state index in [0.717, 1.165) is 34.3 Å². The molecule has 0 bridgehead atoms. The monoisotopic (exact) mass is 320 g/mol. The Morgan fingerprint density at radius 3 is 2.89 bits per heavy atom. The lowest BCUT2D eigenvalue weighted by molar-refractivity contribution is 0.101. The van der Waals surface area contributed by atoms with E-state index in [-0.39, 0.29) is 5.91 Å². The first-order valence-electron chi connectivity index (χ1n) is 6.17. The first-order valence-corrected chi connectivity index (χ1v) is 6.97. The number of nitrogens with one attached hydrogen (secondary N) is 1. The molecule has 1 aromatic carbocycles. The van der Waals surface area contributed by atoms with Crippen LogP contribution in [0, 0.1) is 6.92 Å². The lowest BCUT2D eigenvalue weighted by Gasteiger charge is -2.06. The van der Waals surface area contributed by atoms with E-state index in [2.05, 4.69) is 26.4 Å². The highest BCUT2D eigenvalue weighted by Crippen LogP contribution is 2.40. The van der Waals surface area contributed by atoms with Crippen LogP contribution in [-0.2, 0) is 0 Å². The van der Waals surface area contributed by atoms with Crippen molar-refractivity contribution in [2.24, 2.45) is 0 Å². The Morgan fingerprint density at radius 1 is 1.42 bits per heavy atom. The Bertz CT molecular complexity index is 632. The number of benzene rings is 1. The molecule has 1 aliphatic carbocycles. The van der Waals surface area contributed by atoms with E-state index in [1.165, 1.54) is 0 Å². The van der Waals surface area contributed by atoms with Gasteiger partial charge in [-0.3, -0.25) is 4.79 Å². The highest BCUT2D eigenvalue weighted by Gasteiger charge is 2.28. The number of aromatic nitrogens is 1. The van der Waals surface area contributed by atoms with Gasteiger partial charge in [0.05, 0.1) is 0 Å². The quantitative estimate of drug-likeness (QED) is 0.933. The summed E-state index contributed by atoms with van der Waals surface area (Å²) in [4.78, 5) is 12.1. The number of aryl methyl sites for hydroxylation is 1. The average molecular weight is 321 g/mol. The molecule has 0 saturated heterocycles. The molecule has 3 rings (SSSR count). The third-order valence-electron chi connectivity index (χ3n) is 3.18. The molecule has 1 aromatic heterocycles. The lowest BCUT2D eigenvalue weighted by Crippen LogP contribution is -2.13. The molecule has 1 heterocycles. The fourth-order valence-electron chi connectivity index (χ4n) is 1.91. The van der Waals surface area contributed by atoms with E-state index in [4.69, 9.17) is 4.52 Å². The van der Waals surface area contributed by atoms with Crippen LogP contribution in [0.3, 0.4) is 0 Å². The lowest BCUT2D eigenvalue weighted by atomic mass is 10.2. The fourth-order valence-corrected chi connectivity index (χ4v) is 2.39. The maximum atomic E-state index is 12.1. The number of halogens is 1. The van der Waals surface area contributed by atoms with Crippen LogP contribution in [0.2, 0.25) is 0 Å². The SMILES string of the molecule is Cc1cc(Br)ccc1NC(=O)c1cc(C2CC2)on1. The smallest absolute Gasteiger partial charge is 0.277 e. The van der Waals surface area contributed by atoms with Crippen molar-refractivity contribution in [1.82, 2.24) is 5.16 Å². The summed E-state index contributed by atoms with van der Waals surface area (Å²) >= 11 is 3.39. The normalized spacial score (nSPS) is 14.4. The maximum Gasteiger partial charge on any atom is 0.277 e. The van der Waals surface area contributed by atoms with Crippen LogP contribution >= 0.6 is 15.9 Å². The molecule has 5 heteroatoms. The Hall–Kier alpha value is -1.62. The van der Waals surface area contributed by atoms with E-state index in [1.54, 1.807) is 6.07 Å². The van der Waals surface area contributed by atoms with Crippen LogP contribution in [0.25, 0.3) is 0 Å². The van der Waals surface area contributed by atoms with E-state index in [9.17, 15) is 4.79 Å². The molecule has 2 aromatic rings. The van der Waals surface area contributed by atoms with Crippen molar-refractivity contribution < 1.29 is 9.32 Å². The van der Waals surface area contributed by atoms with Crippen LogP contribution in [-0.4, -0.2) is 11.1 Å². The number of carbonyl (C=O) groups is 1. The molecule has 0 atom stereocenters. The van der Waals surface area contributed by atoms with Crippen molar-refractivity contribution in [2.45, 2.75) is 25.7 Å². The van der Waals surface area contributed by atoms with Gasteiger partial charge in [-0.15, -0.1) is 0 Å². The summed E-state index contributed by atoms with van der Waals surface area (Å²) in [5.74, 6) is 1.04. The number of rotatable bonds is 3. The molecule has 1 aliphatic rings. The number of carbonyl (C=O) groups excluding carboxylic acids is 1. The van der Waals surface area contributed by atoms with Gasteiger partial charge in [0.25, 0.3) is 5.91 Å². The third-order valence-corrected chi connectivity index (χ3v) is 3.67. The second-order valence-corrected chi connectivity index (χ2v) is 5.72. The third kappa shape index (κ3) is 2.71. The molecular formula is C14H13BrN2O2. The first kappa shape index (κ1) is 12.4. The molecule has 0 aliphatic heterocycles. The summed E-state index contributed by atoms with van der Waals surface area (Å²) in [6.45, 7) is 1.94. The summed E-state index contributed by atoms with van der Waals surface area (Å²) < 4.78 is 6.16. The van der Waals surface area contributed by atoms with Gasteiger partial charge >= 0.3 is 0 Å². The van der Waals surface area contributed by atoms with E-state index < -0.39 is 0 Å². The Labute approximate surface area is 119 Å². The summed E-state index contributed by atoms with van der Waals surface area (Å²) in [5.41, 5.74) is 2.11. The van der Waals surface area contributed by atoms with Gasteiger partial charge in [-0.05, 0) is 43.5 Å². The zero-order chi connectivity index (χ0) is 13.4. The predicted octanol–water partition coefficient (Wildman–Crippen LogP) is 3.88. The molecule has 1 N–H and O–H groups in total. The van der Waals surface area contributed by atoms with Gasteiger partial charge in [0.2, 0.25) is 0 Å². The van der Waals surface area contributed by atoms with Crippen molar-refractivity contribution in [3.8, 4) is 0 Å².